The number of carboxylic acids is 1. The fourth-order valence-electron chi connectivity index (χ4n) is 2.74. The van der Waals surface area contributed by atoms with Crippen molar-refractivity contribution in [3.05, 3.63) is 0 Å². The van der Waals surface area contributed by atoms with Crippen LogP contribution in [0.5, 0.6) is 0 Å². The highest BCUT2D eigenvalue weighted by Gasteiger charge is 2.49. The molecule has 1 heterocycles. The average Bonchev–Trinajstić information content (AvgIpc) is 2.74. The number of nitrogens with one attached hydrogen (secondary N) is 1. The molecule has 5 heteroatoms. The Morgan fingerprint density at radius 3 is 2.63 bits per heavy atom. The Bertz CT molecular complexity index is 331. The zero-order valence-electron chi connectivity index (χ0n) is 12.2. The minimum absolute atomic E-state index is 0.228. The van der Waals surface area contributed by atoms with Gasteiger partial charge in [-0.3, -0.25) is 0 Å². The quantitative estimate of drug-likeness (QED) is 0.779. The van der Waals surface area contributed by atoms with E-state index in [0.717, 1.165) is 19.3 Å². The summed E-state index contributed by atoms with van der Waals surface area (Å²) in [6, 6.07) is -0.228. The SMILES string of the molecule is CCCC1(C(=O)O)CCCN1C(=O)NCCC(C)C. The summed E-state index contributed by atoms with van der Waals surface area (Å²) >= 11 is 0. The molecule has 0 aromatic rings. The summed E-state index contributed by atoms with van der Waals surface area (Å²) in [6.45, 7) is 7.30. The molecule has 1 fully saturated rings. The first-order valence-electron chi connectivity index (χ1n) is 7.23. The molecule has 0 spiro atoms. The van der Waals surface area contributed by atoms with E-state index in [1.54, 1.807) is 0 Å². The highest BCUT2D eigenvalue weighted by atomic mass is 16.4. The van der Waals surface area contributed by atoms with Gasteiger partial charge in [0.25, 0.3) is 0 Å². The molecule has 0 aromatic carbocycles. The number of carboxylic acid groups (broad SMARTS) is 1. The molecule has 1 saturated heterocycles. The van der Waals surface area contributed by atoms with Gasteiger partial charge in [-0.2, -0.15) is 0 Å². The largest absolute Gasteiger partial charge is 0.479 e. The zero-order valence-corrected chi connectivity index (χ0v) is 12.2. The van der Waals surface area contributed by atoms with Crippen molar-refractivity contribution >= 4 is 12.0 Å². The van der Waals surface area contributed by atoms with Gasteiger partial charge in [0.05, 0.1) is 0 Å². The Morgan fingerprint density at radius 1 is 1.42 bits per heavy atom. The standard InChI is InChI=1S/C14H26N2O3/c1-4-7-14(12(17)18)8-5-10-16(14)13(19)15-9-6-11(2)3/h11H,4-10H2,1-3H3,(H,15,19)(H,17,18). The lowest BCUT2D eigenvalue weighted by atomic mass is 9.91. The summed E-state index contributed by atoms with van der Waals surface area (Å²) in [4.78, 5) is 25.3. The van der Waals surface area contributed by atoms with Crippen molar-refractivity contribution in [1.29, 1.82) is 0 Å². The summed E-state index contributed by atoms with van der Waals surface area (Å²) in [5, 5.41) is 12.4. The Labute approximate surface area is 115 Å². The number of rotatable bonds is 6. The van der Waals surface area contributed by atoms with Crippen molar-refractivity contribution < 1.29 is 14.7 Å². The third-order valence-corrected chi connectivity index (χ3v) is 3.79. The minimum atomic E-state index is -0.989. The van der Waals surface area contributed by atoms with Crippen LogP contribution in [-0.2, 0) is 4.79 Å². The number of amides is 2. The highest BCUT2D eigenvalue weighted by molar-refractivity contribution is 5.87. The van der Waals surface area contributed by atoms with Crippen molar-refractivity contribution in [2.45, 2.75) is 58.4 Å². The topological polar surface area (TPSA) is 69.6 Å². The number of carbonyl (C=O) groups is 2. The van der Waals surface area contributed by atoms with Gasteiger partial charge >= 0.3 is 12.0 Å². The Balaban J connectivity index is 2.68. The molecule has 1 atom stereocenters. The van der Waals surface area contributed by atoms with Gasteiger partial charge in [0, 0.05) is 13.1 Å². The molecule has 19 heavy (non-hydrogen) atoms. The molecule has 2 amide bonds. The molecule has 1 unspecified atom stereocenters. The van der Waals surface area contributed by atoms with E-state index >= 15 is 0 Å². The van der Waals surface area contributed by atoms with E-state index in [0.29, 0.717) is 31.8 Å². The Kier molecular flexibility index (Phi) is 5.63. The lowest BCUT2D eigenvalue weighted by Gasteiger charge is -2.34. The predicted molar refractivity (Wildman–Crippen MR) is 74.1 cm³/mol. The molecule has 2 N–H and O–H groups in total. The van der Waals surface area contributed by atoms with Crippen LogP contribution >= 0.6 is 0 Å². The lowest BCUT2D eigenvalue weighted by Crippen LogP contribution is -2.56. The second-order valence-corrected chi connectivity index (χ2v) is 5.76. The number of aliphatic carboxylic acids is 1. The molecule has 0 saturated carbocycles. The van der Waals surface area contributed by atoms with Crippen molar-refractivity contribution in [3.8, 4) is 0 Å². The van der Waals surface area contributed by atoms with Gasteiger partial charge in [0.15, 0.2) is 0 Å². The lowest BCUT2D eigenvalue weighted by molar-refractivity contribution is -0.148. The van der Waals surface area contributed by atoms with E-state index in [9.17, 15) is 14.7 Å². The maximum atomic E-state index is 12.2. The smallest absolute Gasteiger partial charge is 0.329 e. The zero-order chi connectivity index (χ0) is 14.5. The van der Waals surface area contributed by atoms with Crippen LogP contribution < -0.4 is 5.32 Å². The first-order valence-corrected chi connectivity index (χ1v) is 7.23. The summed E-state index contributed by atoms with van der Waals surface area (Å²) < 4.78 is 0. The van der Waals surface area contributed by atoms with E-state index in [-0.39, 0.29) is 6.03 Å². The number of carbonyl (C=O) groups excluding carboxylic acids is 1. The van der Waals surface area contributed by atoms with Gasteiger partial charge in [-0.15, -0.1) is 0 Å². The summed E-state index contributed by atoms with van der Waals surface area (Å²) in [6.07, 6.45) is 3.53. The van der Waals surface area contributed by atoms with Gasteiger partial charge in [-0.05, 0) is 31.6 Å². The van der Waals surface area contributed by atoms with E-state index in [1.165, 1.54) is 4.90 Å². The Morgan fingerprint density at radius 2 is 2.11 bits per heavy atom. The number of nitrogens with zero attached hydrogens (tertiary/aromatic N) is 1. The van der Waals surface area contributed by atoms with E-state index < -0.39 is 11.5 Å². The highest BCUT2D eigenvalue weighted by Crippen LogP contribution is 2.34. The van der Waals surface area contributed by atoms with E-state index in [4.69, 9.17) is 0 Å². The predicted octanol–water partition coefficient (Wildman–Crippen LogP) is 2.46. The third kappa shape index (κ3) is 3.61. The molecule has 110 valence electrons. The van der Waals surface area contributed by atoms with Crippen LogP contribution in [0.1, 0.15) is 52.9 Å². The van der Waals surface area contributed by atoms with Crippen molar-refractivity contribution in [1.82, 2.24) is 10.2 Å². The van der Waals surface area contributed by atoms with E-state index in [1.807, 2.05) is 6.92 Å². The second kappa shape index (κ2) is 6.78. The molecule has 1 rings (SSSR count). The maximum Gasteiger partial charge on any atom is 0.329 e. The molecule has 1 aliphatic heterocycles. The van der Waals surface area contributed by atoms with Crippen LogP contribution in [-0.4, -0.2) is 40.6 Å². The van der Waals surface area contributed by atoms with E-state index in [2.05, 4.69) is 19.2 Å². The van der Waals surface area contributed by atoms with Crippen LogP contribution in [0.3, 0.4) is 0 Å². The normalized spacial score (nSPS) is 22.8. The van der Waals surface area contributed by atoms with Crippen molar-refractivity contribution in [2.75, 3.05) is 13.1 Å². The van der Waals surface area contributed by atoms with Crippen LogP contribution in [0.15, 0.2) is 0 Å². The first-order chi connectivity index (χ1) is 8.94. The van der Waals surface area contributed by atoms with Gasteiger partial charge in [-0.1, -0.05) is 27.2 Å². The fourth-order valence-corrected chi connectivity index (χ4v) is 2.74. The van der Waals surface area contributed by atoms with Crippen LogP contribution in [0, 0.1) is 5.92 Å². The molecule has 0 aromatic heterocycles. The third-order valence-electron chi connectivity index (χ3n) is 3.79. The van der Waals surface area contributed by atoms with Gasteiger partial charge in [-0.25, -0.2) is 9.59 Å². The van der Waals surface area contributed by atoms with Crippen molar-refractivity contribution in [2.24, 2.45) is 5.92 Å². The molecule has 0 bridgehead atoms. The van der Waals surface area contributed by atoms with Gasteiger partial charge < -0.3 is 15.3 Å². The first kappa shape index (κ1) is 15.8. The molecule has 0 aliphatic carbocycles. The number of hydrogen-bond donors (Lipinski definition) is 2. The molecule has 0 radical (unpaired) electrons. The van der Waals surface area contributed by atoms with Crippen LogP contribution in [0.4, 0.5) is 4.79 Å². The maximum absolute atomic E-state index is 12.2. The average molecular weight is 270 g/mol. The van der Waals surface area contributed by atoms with Gasteiger partial charge in [0.2, 0.25) is 0 Å². The molecular weight excluding hydrogens is 244 g/mol. The molecule has 5 nitrogen and oxygen atoms in total. The minimum Gasteiger partial charge on any atom is -0.479 e. The van der Waals surface area contributed by atoms with Crippen LogP contribution in [0.2, 0.25) is 0 Å². The number of urea groups is 1. The second-order valence-electron chi connectivity index (χ2n) is 5.76. The van der Waals surface area contributed by atoms with Crippen molar-refractivity contribution in [3.63, 3.8) is 0 Å². The van der Waals surface area contributed by atoms with Crippen LogP contribution in [0.25, 0.3) is 0 Å². The molecule has 1 aliphatic rings. The fraction of sp³-hybridized carbons (Fsp3) is 0.857. The summed E-state index contributed by atoms with van der Waals surface area (Å²) in [7, 11) is 0. The monoisotopic (exact) mass is 270 g/mol. The van der Waals surface area contributed by atoms with Gasteiger partial charge in [0.1, 0.15) is 5.54 Å². The number of hydrogen-bond acceptors (Lipinski definition) is 2. The molecular formula is C14H26N2O3. The Hall–Kier alpha value is -1.26. The summed E-state index contributed by atoms with van der Waals surface area (Å²) in [5.74, 6) is -0.343. The number of likely N-dealkylation sites (tertiary alicyclic amines) is 1. The summed E-state index contributed by atoms with van der Waals surface area (Å²) in [5.41, 5.74) is -0.989.